The van der Waals surface area contributed by atoms with Gasteiger partial charge in [0.15, 0.2) is 11.1 Å². The average Bonchev–Trinajstić information content (AvgIpc) is 3.02. The second-order valence-electron chi connectivity index (χ2n) is 4.27. The Morgan fingerprint density at radius 1 is 1.16 bits per heavy atom. The van der Waals surface area contributed by atoms with Gasteiger partial charge in [-0.1, -0.05) is 38.1 Å². The normalized spacial score (nSPS) is 9.76. The fourth-order valence-electron chi connectivity index (χ4n) is 1.62. The van der Waals surface area contributed by atoms with Crippen molar-refractivity contribution < 1.29 is 23.5 Å². The van der Waals surface area contributed by atoms with Crippen LogP contribution >= 0.6 is 23.2 Å². The van der Waals surface area contributed by atoms with E-state index in [1.807, 2.05) is 0 Å². The third kappa shape index (κ3) is 6.79. The summed E-state index contributed by atoms with van der Waals surface area (Å²) in [6.45, 7) is 0. The van der Waals surface area contributed by atoms with Crippen LogP contribution in [0.4, 0.5) is 8.78 Å². The van der Waals surface area contributed by atoms with Crippen LogP contribution in [0, 0.1) is 0 Å². The number of carbonyl (C=O) groups excluding carboxylic acids is 1. The molecule has 0 saturated carbocycles. The molecular formula is C14H20Cl2F2N4O3. The summed E-state index contributed by atoms with van der Waals surface area (Å²) in [4.78, 5) is 20.0. The summed E-state index contributed by atoms with van der Waals surface area (Å²) in [6.07, 6.45) is 0.446. The molecule has 0 atom stereocenters. The highest BCUT2D eigenvalue weighted by Crippen LogP contribution is 2.25. The summed E-state index contributed by atoms with van der Waals surface area (Å²) in [5.41, 5.74) is -0.300. The number of aromatic nitrogens is 4. The van der Waals surface area contributed by atoms with Gasteiger partial charge in [-0.05, 0) is 0 Å². The molecule has 2 rings (SSSR count). The number of aryl methyl sites for hydroxylation is 2. The lowest BCUT2D eigenvalue weighted by Crippen LogP contribution is -1.99. The van der Waals surface area contributed by atoms with Crippen LogP contribution in [-0.2, 0) is 14.1 Å². The fourth-order valence-corrected chi connectivity index (χ4v) is 1.96. The first kappa shape index (κ1) is 25.2. The first-order valence-electron chi connectivity index (χ1n) is 5.99. The Kier molecular flexibility index (Phi) is 10.9. The van der Waals surface area contributed by atoms with E-state index >= 15 is 0 Å². The maximum atomic E-state index is 12.1. The summed E-state index contributed by atoms with van der Waals surface area (Å²) < 4.78 is 26.7. The van der Waals surface area contributed by atoms with Crippen LogP contribution in [0.3, 0.4) is 0 Å². The van der Waals surface area contributed by atoms with Gasteiger partial charge in [-0.2, -0.15) is 10.2 Å². The number of nitrogens with zero attached hydrogens (tertiary/aromatic N) is 4. The fraction of sp³-hybridized carbons (Fsp3) is 0.429. The lowest BCUT2D eigenvalue weighted by molar-refractivity contribution is 0.0684. The van der Waals surface area contributed by atoms with E-state index in [1.165, 1.54) is 11.7 Å². The molecule has 0 unspecified atom stereocenters. The minimum absolute atomic E-state index is 0. The molecule has 0 aromatic carbocycles. The van der Waals surface area contributed by atoms with Crippen molar-refractivity contribution in [1.82, 2.24) is 19.6 Å². The minimum Gasteiger partial charge on any atom is -0.478 e. The van der Waals surface area contributed by atoms with E-state index in [0.29, 0.717) is 17.5 Å². The van der Waals surface area contributed by atoms with Gasteiger partial charge >= 0.3 is 5.97 Å². The van der Waals surface area contributed by atoms with Crippen LogP contribution in [0.5, 0.6) is 0 Å². The molecule has 2 heterocycles. The monoisotopic (exact) mass is 400 g/mol. The molecule has 2 aromatic heterocycles. The van der Waals surface area contributed by atoms with Crippen molar-refractivity contribution in [3.8, 4) is 0 Å². The Morgan fingerprint density at radius 2 is 1.64 bits per heavy atom. The van der Waals surface area contributed by atoms with E-state index in [-0.39, 0.29) is 14.9 Å². The predicted octanol–water partition coefficient (Wildman–Crippen LogP) is 4.04. The number of hydrogen-bond donors (Lipinski definition) is 1. The standard InChI is InChI=1S/C6H6Cl2N2O.C6H6F2N2O2.2CH4/c1-10-2-4(3-11)5(9-10)6(7)8;1-10-2-3(6(11)12)4(9-10)5(7)8;;/h2-3,6H,1H3;2,5H,1H3,(H,11,12);2*1H4. The zero-order valence-corrected chi connectivity index (χ0v) is 13.5. The summed E-state index contributed by atoms with van der Waals surface area (Å²) in [5, 5.41) is 15.7. The van der Waals surface area contributed by atoms with Crippen molar-refractivity contribution in [2.45, 2.75) is 26.1 Å². The molecule has 0 saturated heterocycles. The molecule has 25 heavy (non-hydrogen) atoms. The smallest absolute Gasteiger partial charge is 0.339 e. The molecular weight excluding hydrogens is 381 g/mol. The topological polar surface area (TPSA) is 90.0 Å². The summed E-state index contributed by atoms with van der Waals surface area (Å²) in [6, 6.07) is 0. The first-order valence-corrected chi connectivity index (χ1v) is 6.86. The van der Waals surface area contributed by atoms with E-state index in [4.69, 9.17) is 28.3 Å². The van der Waals surface area contributed by atoms with E-state index in [9.17, 15) is 18.4 Å². The highest BCUT2D eigenvalue weighted by Gasteiger charge is 2.21. The molecule has 0 spiro atoms. The predicted molar refractivity (Wildman–Crippen MR) is 91.6 cm³/mol. The Balaban J connectivity index is 0. The number of carboxylic acids is 1. The van der Waals surface area contributed by atoms with Gasteiger partial charge in [0, 0.05) is 26.5 Å². The van der Waals surface area contributed by atoms with Crippen LogP contribution in [0.1, 0.15) is 58.2 Å². The summed E-state index contributed by atoms with van der Waals surface area (Å²) >= 11 is 11.1. The molecule has 0 fully saturated rings. The average molecular weight is 401 g/mol. The molecule has 7 nitrogen and oxygen atoms in total. The Hall–Kier alpha value is -2.00. The maximum Gasteiger partial charge on any atom is 0.339 e. The number of carboxylic acid groups (broad SMARTS) is 1. The Labute approximate surface area is 154 Å². The molecule has 0 aliphatic heterocycles. The summed E-state index contributed by atoms with van der Waals surface area (Å²) in [7, 11) is 3.09. The van der Waals surface area contributed by atoms with Crippen molar-refractivity contribution in [2.75, 3.05) is 0 Å². The van der Waals surface area contributed by atoms with Crippen molar-refractivity contribution in [2.24, 2.45) is 14.1 Å². The number of alkyl halides is 4. The maximum absolute atomic E-state index is 12.1. The van der Waals surface area contributed by atoms with E-state index < -0.39 is 28.5 Å². The van der Waals surface area contributed by atoms with Crippen LogP contribution in [0.2, 0.25) is 0 Å². The minimum atomic E-state index is -2.85. The third-order valence-corrected chi connectivity index (χ3v) is 2.93. The number of halogens is 4. The van der Waals surface area contributed by atoms with E-state index in [2.05, 4.69) is 10.2 Å². The zero-order chi connectivity index (χ0) is 17.7. The van der Waals surface area contributed by atoms with E-state index in [0.717, 1.165) is 10.9 Å². The van der Waals surface area contributed by atoms with Crippen molar-refractivity contribution in [1.29, 1.82) is 0 Å². The van der Waals surface area contributed by atoms with Crippen LogP contribution in [-0.4, -0.2) is 36.9 Å². The molecule has 0 amide bonds. The lowest BCUT2D eigenvalue weighted by atomic mass is 10.2. The lowest BCUT2D eigenvalue weighted by Gasteiger charge is -1.93. The number of carbonyl (C=O) groups is 2. The number of aldehydes is 1. The molecule has 142 valence electrons. The molecule has 11 heteroatoms. The van der Waals surface area contributed by atoms with Gasteiger partial charge in [0.1, 0.15) is 17.0 Å². The molecule has 2 aromatic rings. The third-order valence-electron chi connectivity index (χ3n) is 2.52. The number of aromatic carboxylic acids is 1. The van der Waals surface area contributed by atoms with Gasteiger partial charge in [0.05, 0.1) is 5.56 Å². The van der Waals surface area contributed by atoms with E-state index in [1.54, 1.807) is 13.2 Å². The van der Waals surface area contributed by atoms with Gasteiger partial charge in [0.2, 0.25) is 0 Å². The van der Waals surface area contributed by atoms with Crippen molar-refractivity contribution in [3.05, 3.63) is 34.9 Å². The highest BCUT2D eigenvalue weighted by atomic mass is 35.5. The van der Waals surface area contributed by atoms with Crippen molar-refractivity contribution in [3.63, 3.8) is 0 Å². The molecule has 0 aliphatic rings. The van der Waals surface area contributed by atoms with Gasteiger partial charge in [-0.25, -0.2) is 13.6 Å². The molecule has 0 aliphatic carbocycles. The molecule has 0 radical (unpaired) electrons. The zero-order valence-electron chi connectivity index (χ0n) is 12.0. The summed E-state index contributed by atoms with van der Waals surface area (Å²) in [5.74, 6) is -1.39. The Morgan fingerprint density at radius 3 is 1.96 bits per heavy atom. The highest BCUT2D eigenvalue weighted by molar-refractivity contribution is 6.44. The quantitative estimate of drug-likeness (QED) is 0.617. The number of hydrogen-bond acceptors (Lipinski definition) is 4. The van der Waals surface area contributed by atoms with Gasteiger partial charge in [-0.15, -0.1) is 0 Å². The Bertz CT molecular complexity index is 702. The largest absolute Gasteiger partial charge is 0.478 e. The van der Waals surface area contributed by atoms with Gasteiger partial charge in [-0.3, -0.25) is 14.2 Å². The van der Waals surface area contributed by atoms with Crippen molar-refractivity contribution >= 4 is 35.5 Å². The molecule has 1 N–H and O–H groups in total. The first-order chi connectivity index (χ1) is 10.7. The van der Waals surface area contributed by atoms with Crippen LogP contribution < -0.4 is 0 Å². The molecule has 0 bridgehead atoms. The van der Waals surface area contributed by atoms with Gasteiger partial charge in [0.25, 0.3) is 6.43 Å². The van der Waals surface area contributed by atoms with Gasteiger partial charge < -0.3 is 5.11 Å². The van der Waals surface area contributed by atoms with Crippen LogP contribution in [0.25, 0.3) is 0 Å². The van der Waals surface area contributed by atoms with Crippen LogP contribution in [0.15, 0.2) is 12.4 Å². The second-order valence-corrected chi connectivity index (χ2v) is 5.37. The second kappa shape index (κ2) is 10.8. The number of rotatable bonds is 4. The SMILES string of the molecule is C.C.Cn1cc(C(=O)O)c(C(F)F)n1.Cn1cc(C=O)c(C(Cl)Cl)n1.